The van der Waals surface area contributed by atoms with Crippen LogP contribution in [-0.4, -0.2) is 16.1 Å². The number of carboxylic acids is 1. The van der Waals surface area contributed by atoms with Gasteiger partial charge >= 0.3 is 5.97 Å². The number of fused-ring (bicyclic) bond motifs is 1. The predicted octanol–water partition coefficient (Wildman–Crippen LogP) is 3.10. The van der Waals surface area contributed by atoms with Gasteiger partial charge in [-0.25, -0.2) is 4.39 Å². The average molecular weight is 235 g/mol. The first-order valence-corrected chi connectivity index (χ1v) is 5.64. The number of unbranched alkanes of at least 4 members (excludes halogenated alkanes) is 1. The third-order valence-corrected chi connectivity index (χ3v) is 2.82. The van der Waals surface area contributed by atoms with E-state index in [0.29, 0.717) is 6.42 Å². The summed E-state index contributed by atoms with van der Waals surface area (Å²) in [5, 5.41) is 9.41. The Balaban J connectivity index is 2.03. The van der Waals surface area contributed by atoms with Gasteiger partial charge in [0.2, 0.25) is 0 Å². The molecule has 1 aromatic heterocycles. The monoisotopic (exact) mass is 235 g/mol. The van der Waals surface area contributed by atoms with Gasteiger partial charge in [-0.15, -0.1) is 0 Å². The number of rotatable bonds is 5. The molecule has 4 heteroatoms. The molecular weight excluding hydrogens is 221 g/mol. The fraction of sp³-hybridized carbons (Fsp3) is 0.308. The highest BCUT2D eigenvalue weighted by molar-refractivity contribution is 5.83. The number of carbonyl (C=O) groups is 1. The highest BCUT2D eigenvalue weighted by Crippen LogP contribution is 2.21. The van der Waals surface area contributed by atoms with Crippen LogP contribution >= 0.6 is 0 Å². The summed E-state index contributed by atoms with van der Waals surface area (Å²) in [6.45, 7) is 0. The molecule has 0 amide bonds. The van der Waals surface area contributed by atoms with E-state index in [1.807, 2.05) is 6.20 Å². The highest BCUT2D eigenvalue weighted by Gasteiger charge is 2.05. The molecule has 0 bridgehead atoms. The van der Waals surface area contributed by atoms with Crippen molar-refractivity contribution in [2.24, 2.45) is 0 Å². The maximum atomic E-state index is 13.1. The van der Waals surface area contributed by atoms with Crippen molar-refractivity contribution in [3.8, 4) is 0 Å². The molecule has 0 saturated carbocycles. The number of aromatic nitrogens is 1. The molecule has 0 aliphatic carbocycles. The lowest BCUT2D eigenvalue weighted by Gasteiger charge is -1.99. The molecular formula is C13H14FNO2. The minimum absolute atomic E-state index is 0.191. The Labute approximate surface area is 98.3 Å². The first-order valence-electron chi connectivity index (χ1n) is 5.64. The summed E-state index contributed by atoms with van der Waals surface area (Å²) in [5.41, 5.74) is 1.96. The standard InChI is InChI=1S/C13H14FNO2/c14-10-5-6-12-11(7-10)9(8-15-12)3-1-2-4-13(16)17/h5-8,15H,1-4H2,(H,16,17). The van der Waals surface area contributed by atoms with Gasteiger partial charge in [0.15, 0.2) is 0 Å². The molecule has 0 aliphatic heterocycles. The number of halogens is 1. The Kier molecular flexibility index (Phi) is 3.42. The Morgan fingerprint density at radius 1 is 1.35 bits per heavy atom. The Hall–Kier alpha value is -1.84. The van der Waals surface area contributed by atoms with Gasteiger partial charge in [-0.05, 0) is 43.0 Å². The van der Waals surface area contributed by atoms with Crippen molar-refractivity contribution in [1.29, 1.82) is 0 Å². The Morgan fingerprint density at radius 2 is 2.18 bits per heavy atom. The largest absolute Gasteiger partial charge is 0.481 e. The molecule has 2 aromatic rings. The van der Waals surface area contributed by atoms with Crippen LogP contribution in [0.4, 0.5) is 4.39 Å². The second-order valence-electron chi connectivity index (χ2n) is 4.10. The van der Waals surface area contributed by atoms with E-state index in [0.717, 1.165) is 29.3 Å². The van der Waals surface area contributed by atoms with Crippen molar-refractivity contribution >= 4 is 16.9 Å². The average Bonchev–Trinajstić information content (AvgIpc) is 2.67. The number of aromatic amines is 1. The summed E-state index contributed by atoms with van der Waals surface area (Å²) >= 11 is 0. The maximum Gasteiger partial charge on any atom is 0.303 e. The smallest absolute Gasteiger partial charge is 0.303 e. The van der Waals surface area contributed by atoms with Crippen LogP contribution in [0.1, 0.15) is 24.8 Å². The maximum absolute atomic E-state index is 13.1. The zero-order valence-electron chi connectivity index (χ0n) is 9.37. The highest BCUT2D eigenvalue weighted by atomic mass is 19.1. The van der Waals surface area contributed by atoms with Crippen LogP contribution < -0.4 is 0 Å². The second-order valence-corrected chi connectivity index (χ2v) is 4.10. The third kappa shape index (κ3) is 2.84. The zero-order chi connectivity index (χ0) is 12.3. The van der Waals surface area contributed by atoms with Crippen LogP contribution in [0.15, 0.2) is 24.4 Å². The van der Waals surface area contributed by atoms with Gasteiger partial charge in [0.1, 0.15) is 5.82 Å². The van der Waals surface area contributed by atoms with Crippen LogP contribution in [-0.2, 0) is 11.2 Å². The molecule has 0 radical (unpaired) electrons. The number of hydrogen-bond acceptors (Lipinski definition) is 1. The van der Waals surface area contributed by atoms with E-state index >= 15 is 0 Å². The van der Waals surface area contributed by atoms with Crippen molar-refractivity contribution in [2.75, 3.05) is 0 Å². The van der Waals surface area contributed by atoms with Crippen LogP contribution in [0.3, 0.4) is 0 Å². The fourth-order valence-electron chi connectivity index (χ4n) is 1.95. The van der Waals surface area contributed by atoms with E-state index in [1.165, 1.54) is 12.1 Å². The molecule has 2 N–H and O–H groups in total. The van der Waals surface area contributed by atoms with Gasteiger partial charge in [0.05, 0.1) is 0 Å². The van der Waals surface area contributed by atoms with E-state index in [1.54, 1.807) is 6.07 Å². The predicted molar refractivity (Wildman–Crippen MR) is 63.4 cm³/mol. The van der Waals surface area contributed by atoms with E-state index in [-0.39, 0.29) is 12.2 Å². The number of aliphatic carboxylic acids is 1. The quantitative estimate of drug-likeness (QED) is 0.782. The molecule has 1 aromatic carbocycles. The van der Waals surface area contributed by atoms with Gasteiger partial charge in [-0.1, -0.05) is 0 Å². The molecule has 0 saturated heterocycles. The topological polar surface area (TPSA) is 53.1 Å². The molecule has 90 valence electrons. The van der Waals surface area contributed by atoms with Gasteiger partial charge in [-0.3, -0.25) is 4.79 Å². The van der Waals surface area contributed by atoms with Crippen molar-refractivity contribution < 1.29 is 14.3 Å². The van der Waals surface area contributed by atoms with Crippen LogP contribution in [0.25, 0.3) is 10.9 Å². The number of benzene rings is 1. The number of nitrogens with one attached hydrogen (secondary N) is 1. The summed E-state index contributed by atoms with van der Waals surface area (Å²) in [4.78, 5) is 13.4. The van der Waals surface area contributed by atoms with Crippen LogP contribution in [0.2, 0.25) is 0 Å². The molecule has 0 spiro atoms. The SMILES string of the molecule is O=C(O)CCCCc1c[nH]c2ccc(F)cc12. The Bertz CT molecular complexity index is 533. The molecule has 1 heterocycles. The lowest BCUT2D eigenvalue weighted by atomic mass is 10.1. The number of carboxylic acid groups (broad SMARTS) is 1. The van der Waals surface area contributed by atoms with E-state index in [9.17, 15) is 9.18 Å². The summed E-state index contributed by atoms with van der Waals surface area (Å²) in [6, 6.07) is 4.65. The lowest BCUT2D eigenvalue weighted by molar-refractivity contribution is -0.137. The first kappa shape index (κ1) is 11.6. The molecule has 0 unspecified atom stereocenters. The molecule has 17 heavy (non-hydrogen) atoms. The Morgan fingerprint density at radius 3 is 2.94 bits per heavy atom. The molecule has 0 atom stereocenters. The van der Waals surface area contributed by atoms with Crippen molar-refractivity contribution in [1.82, 2.24) is 4.98 Å². The van der Waals surface area contributed by atoms with E-state index in [4.69, 9.17) is 5.11 Å². The molecule has 3 nitrogen and oxygen atoms in total. The fourth-order valence-corrected chi connectivity index (χ4v) is 1.95. The number of H-pyrrole nitrogens is 1. The first-order chi connectivity index (χ1) is 8.16. The normalized spacial score (nSPS) is 10.9. The van der Waals surface area contributed by atoms with Crippen molar-refractivity contribution in [3.63, 3.8) is 0 Å². The second kappa shape index (κ2) is 4.99. The molecule has 0 aliphatic rings. The minimum Gasteiger partial charge on any atom is -0.481 e. The minimum atomic E-state index is -0.769. The third-order valence-electron chi connectivity index (χ3n) is 2.82. The number of aryl methyl sites for hydroxylation is 1. The van der Waals surface area contributed by atoms with Gasteiger partial charge in [0, 0.05) is 23.5 Å². The van der Waals surface area contributed by atoms with Crippen LogP contribution in [0.5, 0.6) is 0 Å². The van der Waals surface area contributed by atoms with Crippen molar-refractivity contribution in [2.45, 2.75) is 25.7 Å². The van der Waals surface area contributed by atoms with E-state index in [2.05, 4.69) is 4.98 Å². The summed E-state index contributed by atoms with van der Waals surface area (Å²) in [7, 11) is 0. The summed E-state index contributed by atoms with van der Waals surface area (Å²) in [6.07, 6.45) is 4.28. The van der Waals surface area contributed by atoms with Gasteiger partial charge in [-0.2, -0.15) is 0 Å². The van der Waals surface area contributed by atoms with Crippen LogP contribution in [0, 0.1) is 5.82 Å². The molecule has 0 fully saturated rings. The lowest BCUT2D eigenvalue weighted by Crippen LogP contribution is -1.94. The van der Waals surface area contributed by atoms with E-state index < -0.39 is 5.97 Å². The molecule has 2 rings (SSSR count). The zero-order valence-corrected chi connectivity index (χ0v) is 9.37. The van der Waals surface area contributed by atoms with Gasteiger partial charge < -0.3 is 10.1 Å². The number of hydrogen-bond donors (Lipinski definition) is 2. The summed E-state index contributed by atoms with van der Waals surface area (Å²) in [5.74, 6) is -1.01. The van der Waals surface area contributed by atoms with Gasteiger partial charge in [0.25, 0.3) is 0 Å². The van der Waals surface area contributed by atoms with Crippen molar-refractivity contribution in [3.05, 3.63) is 35.8 Å². The summed E-state index contributed by atoms with van der Waals surface area (Å²) < 4.78 is 13.1.